The number of rotatable bonds is 6. The maximum absolute atomic E-state index is 12.1. The maximum atomic E-state index is 12.1. The van der Waals surface area contributed by atoms with Crippen molar-refractivity contribution in [2.45, 2.75) is 19.8 Å². The van der Waals surface area contributed by atoms with Gasteiger partial charge in [-0.15, -0.1) is 0 Å². The molecule has 2 rings (SSSR count). The number of H-pyrrole nitrogens is 1. The van der Waals surface area contributed by atoms with Gasteiger partial charge in [0.2, 0.25) is 5.91 Å². The number of carbonyl (C=O) groups excluding carboxylic acids is 2. The zero-order valence-corrected chi connectivity index (χ0v) is 13.6. The SMILES string of the molecule is CC(CC(=O)NC(=O)c1c[nH]c(Cc2ccccc2)cc1=O)C(=O)O. The molecule has 0 aliphatic rings. The van der Waals surface area contributed by atoms with Gasteiger partial charge in [0.15, 0.2) is 5.43 Å². The van der Waals surface area contributed by atoms with Gasteiger partial charge in [-0.2, -0.15) is 0 Å². The molecule has 7 nitrogen and oxygen atoms in total. The van der Waals surface area contributed by atoms with Crippen LogP contribution in [0.25, 0.3) is 0 Å². The zero-order chi connectivity index (χ0) is 18.4. The summed E-state index contributed by atoms with van der Waals surface area (Å²) in [5.74, 6) is -3.65. The Labute approximate surface area is 143 Å². The van der Waals surface area contributed by atoms with Gasteiger partial charge in [0.05, 0.1) is 5.92 Å². The van der Waals surface area contributed by atoms with Crippen molar-refractivity contribution in [3.05, 3.63) is 69.6 Å². The Balaban J connectivity index is 2.04. The van der Waals surface area contributed by atoms with Gasteiger partial charge in [-0.3, -0.25) is 24.5 Å². The third kappa shape index (κ3) is 5.13. The predicted molar refractivity (Wildman–Crippen MR) is 90.2 cm³/mol. The third-order valence-electron chi connectivity index (χ3n) is 3.62. The number of aromatic amines is 1. The minimum absolute atomic E-state index is 0.201. The minimum atomic E-state index is -1.13. The van der Waals surface area contributed by atoms with Crippen LogP contribution in [0.5, 0.6) is 0 Å². The lowest BCUT2D eigenvalue weighted by molar-refractivity contribution is -0.143. The summed E-state index contributed by atoms with van der Waals surface area (Å²) in [6.45, 7) is 1.36. The van der Waals surface area contributed by atoms with Crippen molar-refractivity contribution in [2.75, 3.05) is 0 Å². The van der Waals surface area contributed by atoms with E-state index in [0.717, 1.165) is 5.56 Å². The minimum Gasteiger partial charge on any atom is -0.481 e. The summed E-state index contributed by atoms with van der Waals surface area (Å²) in [6, 6.07) is 10.8. The second-order valence-corrected chi connectivity index (χ2v) is 5.72. The molecule has 25 heavy (non-hydrogen) atoms. The fourth-order valence-corrected chi connectivity index (χ4v) is 2.22. The van der Waals surface area contributed by atoms with E-state index in [2.05, 4.69) is 4.98 Å². The molecule has 130 valence electrons. The predicted octanol–water partition coefficient (Wildman–Crippen LogP) is 1.33. The van der Waals surface area contributed by atoms with E-state index in [9.17, 15) is 19.2 Å². The Morgan fingerprint density at radius 2 is 1.88 bits per heavy atom. The second-order valence-electron chi connectivity index (χ2n) is 5.72. The Bertz CT molecular complexity index is 842. The molecule has 2 amide bonds. The first kappa shape index (κ1) is 18.1. The smallest absolute Gasteiger partial charge is 0.306 e. The highest BCUT2D eigenvalue weighted by Gasteiger charge is 2.19. The summed E-state index contributed by atoms with van der Waals surface area (Å²) < 4.78 is 0. The van der Waals surface area contributed by atoms with Crippen LogP contribution in [0.15, 0.2) is 47.4 Å². The molecule has 1 aromatic heterocycles. The zero-order valence-electron chi connectivity index (χ0n) is 13.6. The number of hydrogen-bond donors (Lipinski definition) is 3. The van der Waals surface area contributed by atoms with Crippen LogP contribution in [-0.4, -0.2) is 27.9 Å². The molecule has 0 bridgehead atoms. The first-order chi connectivity index (χ1) is 11.9. The summed E-state index contributed by atoms with van der Waals surface area (Å²) in [5, 5.41) is 10.8. The van der Waals surface area contributed by atoms with Crippen LogP contribution in [0.1, 0.15) is 35.0 Å². The molecule has 0 saturated carbocycles. The Morgan fingerprint density at radius 1 is 1.20 bits per heavy atom. The van der Waals surface area contributed by atoms with E-state index in [4.69, 9.17) is 5.11 Å². The number of nitrogens with one attached hydrogen (secondary N) is 2. The molecule has 3 N–H and O–H groups in total. The molecule has 1 heterocycles. The van der Waals surface area contributed by atoms with E-state index < -0.39 is 29.1 Å². The van der Waals surface area contributed by atoms with Gasteiger partial charge in [-0.1, -0.05) is 37.3 Å². The molecular weight excluding hydrogens is 324 g/mol. The fraction of sp³-hybridized carbons (Fsp3) is 0.222. The molecule has 7 heteroatoms. The van der Waals surface area contributed by atoms with Crippen molar-refractivity contribution in [3.8, 4) is 0 Å². The summed E-state index contributed by atoms with van der Waals surface area (Å²) >= 11 is 0. The van der Waals surface area contributed by atoms with Gasteiger partial charge in [0.25, 0.3) is 5.91 Å². The van der Waals surface area contributed by atoms with Gasteiger partial charge in [-0.25, -0.2) is 0 Å². The lowest BCUT2D eigenvalue weighted by atomic mass is 10.1. The molecule has 1 unspecified atom stereocenters. The van der Waals surface area contributed by atoms with Crippen LogP contribution in [0, 0.1) is 5.92 Å². The second kappa shape index (κ2) is 8.05. The summed E-state index contributed by atoms with van der Waals surface area (Å²) in [5.41, 5.74) is 0.932. The lowest BCUT2D eigenvalue weighted by Gasteiger charge is -2.07. The van der Waals surface area contributed by atoms with Gasteiger partial charge >= 0.3 is 5.97 Å². The number of hydrogen-bond acceptors (Lipinski definition) is 4. The average Bonchev–Trinajstić information content (AvgIpc) is 2.55. The van der Waals surface area contributed by atoms with Crippen molar-refractivity contribution in [1.29, 1.82) is 0 Å². The summed E-state index contributed by atoms with van der Waals surface area (Å²) in [4.78, 5) is 49.3. The van der Waals surface area contributed by atoms with Crippen LogP contribution in [-0.2, 0) is 16.0 Å². The van der Waals surface area contributed by atoms with Gasteiger partial charge in [0.1, 0.15) is 5.56 Å². The molecule has 2 aromatic rings. The molecule has 0 fully saturated rings. The van der Waals surface area contributed by atoms with E-state index in [0.29, 0.717) is 12.1 Å². The van der Waals surface area contributed by atoms with Gasteiger partial charge < -0.3 is 10.1 Å². The number of amides is 2. The summed E-state index contributed by atoms with van der Waals surface area (Å²) in [6.07, 6.45) is 1.42. The Hall–Kier alpha value is -3.22. The largest absolute Gasteiger partial charge is 0.481 e. The number of imide groups is 1. The number of carbonyl (C=O) groups is 3. The lowest BCUT2D eigenvalue weighted by Crippen LogP contribution is -2.35. The van der Waals surface area contributed by atoms with Gasteiger partial charge in [-0.05, 0) is 5.56 Å². The fourth-order valence-electron chi connectivity index (χ4n) is 2.22. The molecule has 0 saturated heterocycles. The van der Waals surface area contributed by atoms with Crippen LogP contribution in [0.2, 0.25) is 0 Å². The maximum Gasteiger partial charge on any atom is 0.306 e. The quantitative estimate of drug-likeness (QED) is 0.732. The van der Waals surface area contributed by atoms with Crippen molar-refractivity contribution in [3.63, 3.8) is 0 Å². The third-order valence-corrected chi connectivity index (χ3v) is 3.62. The first-order valence-corrected chi connectivity index (χ1v) is 7.69. The number of aliphatic carboxylic acids is 1. The van der Waals surface area contributed by atoms with E-state index in [1.54, 1.807) is 0 Å². The van der Waals surface area contributed by atoms with E-state index >= 15 is 0 Å². The monoisotopic (exact) mass is 342 g/mol. The highest BCUT2D eigenvalue weighted by atomic mass is 16.4. The Kier molecular flexibility index (Phi) is 5.84. The highest BCUT2D eigenvalue weighted by Crippen LogP contribution is 2.06. The normalized spacial score (nSPS) is 11.6. The van der Waals surface area contributed by atoms with E-state index in [1.165, 1.54) is 19.2 Å². The van der Waals surface area contributed by atoms with Crippen molar-refractivity contribution in [2.24, 2.45) is 5.92 Å². The number of aromatic nitrogens is 1. The number of pyridine rings is 1. The first-order valence-electron chi connectivity index (χ1n) is 7.69. The van der Waals surface area contributed by atoms with Crippen molar-refractivity contribution in [1.82, 2.24) is 10.3 Å². The molecule has 0 spiro atoms. The van der Waals surface area contributed by atoms with E-state index in [-0.39, 0.29) is 12.0 Å². The average molecular weight is 342 g/mol. The number of benzene rings is 1. The molecule has 0 radical (unpaired) electrons. The van der Waals surface area contributed by atoms with Crippen LogP contribution < -0.4 is 10.7 Å². The van der Waals surface area contributed by atoms with Crippen LogP contribution in [0.4, 0.5) is 0 Å². The molecular formula is C18H18N2O5. The highest BCUT2D eigenvalue weighted by molar-refractivity contribution is 6.04. The Morgan fingerprint density at radius 3 is 2.48 bits per heavy atom. The van der Waals surface area contributed by atoms with Crippen molar-refractivity contribution >= 4 is 17.8 Å². The number of carboxylic acid groups (broad SMARTS) is 1. The van der Waals surface area contributed by atoms with E-state index in [1.807, 2.05) is 35.6 Å². The standard InChI is InChI=1S/C18H18N2O5/c1-11(18(24)25)7-16(22)20-17(23)14-10-19-13(9-15(14)21)8-12-5-3-2-4-6-12/h2-6,9-11H,7-8H2,1H3,(H,19,21)(H,24,25)(H,20,22,23). The van der Waals surface area contributed by atoms with Crippen molar-refractivity contribution < 1.29 is 19.5 Å². The molecule has 0 aliphatic carbocycles. The van der Waals surface area contributed by atoms with Crippen LogP contribution in [0.3, 0.4) is 0 Å². The molecule has 1 aromatic carbocycles. The van der Waals surface area contributed by atoms with Gasteiger partial charge in [0, 0.05) is 30.8 Å². The number of carboxylic acids is 1. The molecule has 0 aliphatic heterocycles. The van der Waals surface area contributed by atoms with Crippen LogP contribution >= 0.6 is 0 Å². The topological polar surface area (TPSA) is 116 Å². The summed E-state index contributed by atoms with van der Waals surface area (Å²) in [7, 11) is 0. The molecule has 1 atom stereocenters.